The Hall–Kier alpha value is -1.03. The van der Waals surface area contributed by atoms with Gasteiger partial charge in [0.05, 0.1) is 0 Å². The maximum atomic E-state index is 11.5. The van der Waals surface area contributed by atoms with Crippen molar-refractivity contribution in [2.45, 2.75) is 13.3 Å². The lowest BCUT2D eigenvalue weighted by atomic mass is 10.1. The molecule has 0 fully saturated rings. The predicted octanol–water partition coefficient (Wildman–Crippen LogP) is 2.22. The van der Waals surface area contributed by atoms with Gasteiger partial charge in [-0.2, -0.15) is 0 Å². The lowest BCUT2D eigenvalue weighted by Crippen LogP contribution is -2.24. The number of phenolic OH excluding ortho intramolecular Hbond substituents is 1. The van der Waals surface area contributed by atoms with Crippen LogP contribution in [-0.2, 0) is 0 Å². The number of aryl methyl sites for hydroxylation is 1. The summed E-state index contributed by atoms with van der Waals surface area (Å²) in [4.78, 5) is 11.5. The van der Waals surface area contributed by atoms with E-state index < -0.39 is 0 Å². The summed E-state index contributed by atoms with van der Waals surface area (Å²) in [5.41, 5.74) is 1.26. The number of carbonyl (C=O) groups excluding carboxylic acids is 1. The number of alkyl halides is 1. The molecule has 0 bridgehead atoms. The molecule has 82 valence electrons. The largest absolute Gasteiger partial charge is 0.508 e. The van der Waals surface area contributed by atoms with Crippen molar-refractivity contribution < 1.29 is 9.90 Å². The molecule has 0 heterocycles. The van der Waals surface area contributed by atoms with Crippen molar-refractivity contribution in [3.8, 4) is 5.75 Å². The minimum atomic E-state index is -0.147. The number of aromatic hydroxyl groups is 1. The third kappa shape index (κ3) is 3.55. The highest BCUT2D eigenvalue weighted by atomic mass is 79.9. The van der Waals surface area contributed by atoms with E-state index in [2.05, 4.69) is 21.2 Å². The number of rotatable bonds is 4. The molecule has 0 aromatic heterocycles. The van der Waals surface area contributed by atoms with Gasteiger partial charge in [0, 0.05) is 17.4 Å². The Morgan fingerprint density at radius 1 is 1.53 bits per heavy atom. The van der Waals surface area contributed by atoms with Gasteiger partial charge in [-0.3, -0.25) is 4.79 Å². The van der Waals surface area contributed by atoms with E-state index in [1.165, 1.54) is 6.07 Å². The highest BCUT2D eigenvalue weighted by Crippen LogP contribution is 2.17. The van der Waals surface area contributed by atoms with Gasteiger partial charge in [-0.1, -0.05) is 22.0 Å². The average Bonchev–Trinajstić information content (AvgIpc) is 2.22. The first-order valence-electron chi connectivity index (χ1n) is 4.79. The summed E-state index contributed by atoms with van der Waals surface area (Å²) in [6.07, 6.45) is 0.892. The normalized spacial score (nSPS) is 10.0. The quantitative estimate of drug-likeness (QED) is 0.652. The molecule has 15 heavy (non-hydrogen) atoms. The molecule has 0 saturated heterocycles. The fourth-order valence-corrected chi connectivity index (χ4v) is 1.40. The van der Waals surface area contributed by atoms with Crippen molar-refractivity contribution >= 4 is 21.8 Å². The van der Waals surface area contributed by atoms with Crippen LogP contribution in [0.5, 0.6) is 5.75 Å². The van der Waals surface area contributed by atoms with E-state index in [0.29, 0.717) is 12.1 Å². The standard InChI is InChI=1S/C11H14BrNO2/c1-8-3-4-9(7-10(8)14)11(15)13-6-2-5-12/h3-4,7,14H,2,5-6H2,1H3,(H,13,15). The molecule has 3 nitrogen and oxygen atoms in total. The highest BCUT2D eigenvalue weighted by molar-refractivity contribution is 9.09. The Balaban J connectivity index is 2.62. The lowest BCUT2D eigenvalue weighted by molar-refractivity contribution is 0.0953. The van der Waals surface area contributed by atoms with E-state index in [0.717, 1.165) is 17.3 Å². The van der Waals surface area contributed by atoms with Crippen LogP contribution >= 0.6 is 15.9 Å². The molecule has 0 radical (unpaired) electrons. The van der Waals surface area contributed by atoms with Gasteiger partial charge in [-0.05, 0) is 31.0 Å². The van der Waals surface area contributed by atoms with Crippen molar-refractivity contribution in [2.24, 2.45) is 0 Å². The topological polar surface area (TPSA) is 49.3 Å². The number of carbonyl (C=O) groups is 1. The van der Waals surface area contributed by atoms with Crippen molar-refractivity contribution in [1.82, 2.24) is 5.32 Å². The highest BCUT2D eigenvalue weighted by Gasteiger charge is 2.06. The van der Waals surface area contributed by atoms with Crippen LogP contribution in [0.15, 0.2) is 18.2 Å². The molecule has 0 aliphatic rings. The molecule has 4 heteroatoms. The zero-order chi connectivity index (χ0) is 11.3. The third-order valence-electron chi connectivity index (χ3n) is 2.07. The second kappa shape index (κ2) is 5.75. The number of amides is 1. The molecule has 2 N–H and O–H groups in total. The number of phenols is 1. The monoisotopic (exact) mass is 271 g/mol. The molecule has 1 aromatic rings. The average molecular weight is 272 g/mol. The van der Waals surface area contributed by atoms with Gasteiger partial charge < -0.3 is 10.4 Å². The van der Waals surface area contributed by atoms with Crippen LogP contribution in [0.4, 0.5) is 0 Å². The molecule has 0 saturated carbocycles. The van der Waals surface area contributed by atoms with E-state index in [9.17, 15) is 9.90 Å². The molecular weight excluding hydrogens is 258 g/mol. The first kappa shape index (κ1) is 12.0. The first-order chi connectivity index (χ1) is 7.15. The molecule has 0 aliphatic heterocycles. The van der Waals surface area contributed by atoms with Gasteiger partial charge in [0.1, 0.15) is 5.75 Å². The van der Waals surface area contributed by atoms with Crippen LogP contribution in [-0.4, -0.2) is 22.9 Å². The maximum absolute atomic E-state index is 11.5. The van der Waals surface area contributed by atoms with E-state index in [1.54, 1.807) is 19.1 Å². The predicted molar refractivity (Wildman–Crippen MR) is 63.6 cm³/mol. The Morgan fingerprint density at radius 3 is 2.87 bits per heavy atom. The Labute approximate surface area is 97.6 Å². The second-order valence-electron chi connectivity index (χ2n) is 3.30. The molecule has 1 amide bonds. The summed E-state index contributed by atoms with van der Waals surface area (Å²) in [5.74, 6) is 0.00870. The molecule has 1 rings (SSSR count). The minimum Gasteiger partial charge on any atom is -0.508 e. The second-order valence-corrected chi connectivity index (χ2v) is 4.09. The zero-order valence-corrected chi connectivity index (χ0v) is 10.2. The van der Waals surface area contributed by atoms with E-state index in [4.69, 9.17) is 0 Å². The summed E-state index contributed by atoms with van der Waals surface area (Å²) >= 11 is 3.29. The van der Waals surface area contributed by atoms with Crippen LogP contribution in [0, 0.1) is 6.92 Å². The fraction of sp³-hybridized carbons (Fsp3) is 0.364. The summed E-state index contributed by atoms with van der Waals surface area (Å²) in [6, 6.07) is 4.92. The number of hydrogen-bond acceptors (Lipinski definition) is 2. The van der Waals surface area contributed by atoms with Gasteiger partial charge >= 0.3 is 0 Å². The minimum absolute atomic E-state index is 0.147. The zero-order valence-electron chi connectivity index (χ0n) is 8.59. The van der Waals surface area contributed by atoms with Gasteiger partial charge in [0.2, 0.25) is 0 Å². The lowest BCUT2D eigenvalue weighted by Gasteiger charge is -2.05. The van der Waals surface area contributed by atoms with Crippen molar-refractivity contribution in [2.75, 3.05) is 11.9 Å². The van der Waals surface area contributed by atoms with Crippen LogP contribution in [0.2, 0.25) is 0 Å². The van der Waals surface area contributed by atoms with Crippen LogP contribution in [0.25, 0.3) is 0 Å². The third-order valence-corrected chi connectivity index (χ3v) is 2.63. The van der Waals surface area contributed by atoms with Crippen molar-refractivity contribution in [3.63, 3.8) is 0 Å². The summed E-state index contributed by atoms with van der Waals surface area (Å²) < 4.78 is 0. The molecule has 0 spiro atoms. The van der Waals surface area contributed by atoms with Gasteiger partial charge in [0.15, 0.2) is 0 Å². The van der Waals surface area contributed by atoms with Crippen LogP contribution in [0.1, 0.15) is 22.3 Å². The van der Waals surface area contributed by atoms with Crippen LogP contribution in [0.3, 0.4) is 0 Å². The number of hydrogen-bond donors (Lipinski definition) is 2. The van der Waals surface area contributed by atoms with E-state index in [1.807, 2.05) is 0 Å². The van der Waals surface area contributed by atoms with Gasteiger partial charge in [-0.15, -0.1) is 0 Å². The van der Waals surface area contributed by atoms with Gasteiger partial charge in [0.25, 0.3) is 5.91 Å². The Morgan fingerprint density at radius 2 is 2.27 bits per heavy atom. The van der Waals surface area contributed by atoms with Crippen molar-refractivity contribution in [3.05, 3.63) is 29.3 Å². The summed E-state index contributed by atoms with van der Waals surface area (Å²) in [5, 5.41) is 13.1. The SMILES string of the molecule is Cc1ccc(C(=O)NCCCBr)cc1O. The van der Waals surface area contributed by atoms with E-state index >= 15 is 0 Å². The summed E-state index contributed by atoms with van der Waals surface area (Å²) in [7, 11) is 0. The molecular formula is C11H14BrNO2. The Bertz CT molecular complexity index is 352. The van der Waals surface area contributed by atoms with Crippen molar-refractivity contribution in [1.29, 1.82) is 0 Å². The molecule has 0 aliphatic carbocycles. The Kier molecular flexibility index (Phi) is 4.62. The van der Waals surface area contributed by atoms with Crippen LogP contribution < -0.4 is 5.32 Å². The number of benzene rings is 1. The van der Waals surface area contributed by atoms with Gasteiger partial charge in [-0.25, -0.2) is 0 Å². The molecule has 0 atom stereocenters. The summed E-state index contributed by atoms with van der Waals surface area (Å²) in [6.45, 7) is 2.43. The van der Waals surface area contributed by atoms with E-state index in [-0.39, 0.29) is 11.7 Å². The molecule has 1 aromatic carbocycles. The number of nitrogens with one attached hydrogen (secondary N) is 1. The fourth-order valence-electron chi connectivity index (χ4n) is 1.12. The number of halogens is 1. The molecule has 0 unspecified atom stereocenters. The first-order valence-corrected chi connectivity index (χ1v) is 5.91. The smallest absolute Gasteiger partial charge is 0.251 e. The maximum Gasteiger partial charge on any atom is 0.251 e.